The summed E-state index contributed by atoms with van der Waals surface area (Å²) in [6, 6.07) is 0. The third-order valence-corrected chi connectivity index (χ3v) is 5.38. The molecule has 1 saturated carbocycles. The Morgan fingerprint density at radius 2 is 1.53 bits per heavy atom. The van der Waals surface area contributed by atoms with Gasteiger partial charge in [-0.05, 0) is 68.1 Å². The molecule has 3 N–H and O–H groups in total. The van der Waals surface area contributed by atoms with Crippen molar-refractivity contribution in [2.24, 2.45) is 23.2 Å². The molecule has 19 heavy (non-hydrogen) atoms. The van der Waals surface area contributed by atoms with E-state index in [0.717, 1.165) is 38.5 Å². The minimum atomic E-state index is 0.259. The van der Waals surface area contributed by atoms with Crippen molar-refractivity contribution < 1.29 is 15.3 Å². The van der Waals surface area contributed by atoms with Crippen molar-refractivity contribution >= 4 is 0 Å². The molecule has 2 aliphatic carbocycles. The summed E-state index contributed by atoms with van der Waals surface area (Å²) in [7, 11) is 0. The van der Waals surface area contributed by atoms with E-state index < -0.39 is 0 Å². The van der Waals surface area contributed by atoms with Crippen molar-refractivity contribution in [3.05, 3.63) is 12.2 Å². The Morgan fingerprint density at radius 3 is 2.11 bits per heavy atom. The standard InChI is InChI=1S/C16H28O3/c17-9-1-4-15-13-5-6-14(12-13)16(15,7-2-10-18)8-3-11-19/h5-6,13-15,17-19H,1-4,7-12H2. The largest absolute Gasteiger partial charge is 0.396 e. The first-order valence-electron chi connectivity index (χ1n) is 7.79. The van der Waals surface area contributed by atoms with Crippen LogP contribution in [0.25, 0.3) is 0 Å². The molecular formula is C16H28O3. The Labute approximate surface area is 116 Å². The summed E-state index contributed by atoms with van der Waals surface area (Å²) < 4.78 is 0. The molecule has 3 atom stereocenters. The molecule has 0 spiro atoms. The number of allylic oxidation sites excluding steroid dienone is 2. The number of aliphatic hydroxyl groups is 3. The van der Waals surface area contributed by atoms with Crippen LogP contribution in [0.3, 0.4) is 0 Å². The molecule has 0 heterocycles. The van der Waals surface area contributed by atoms with Gasteiger partial charge in [0.1, 0.15) is 0 Å². The van der Waals surface area contributed by atoms with Crippen molar-refractivity contribution in [1.82, 2.24) is 0 Å². The normalized spacial score (nSPS) is 31.2. The number of aliphatic hydroxyl groups excluding tert-OH is 3. The van der Waals surface area contributed by atoms with Crippen LogP contribution in [0, 0.1) is 23.2 Å². The van der Waals surface area contributed by atoms with Gasteiger partial charge < -0.3 is 15.3 Å². The van der Waals surface area contributed by atoms with Gasteiger partial charge in [-0.2, -0.15) is 0 Å². The zero-order valence-electron chi connectivity index (χ0n) is 11.8. The highest BCUT2D eigenvalue weighted by Crippen LogP contribution is 2.61. The van der Waals surface area contributed by atoms with Gasteiger partial charge in [-0.1, -0.05) is 12.2 Å². The second kappa shape index (κ2) is 6.87. The smallest absolute Gasteiger partial charge is 0.0431 e. The van der Waals surface area contributed by atoms with Gasteiger partial charge in [0.15, 0.2) is 0 Å². The van der Waals surface area contributed by atoms with E-state index in [0.29, 0.717) is 17.8 Å². The first kappa shape index (κ1) is 15.0. The van der Waals surface area contributed by atoms with Crippen molar-refractivity contribution in [1.29, 1.82) is 0 Å². The number of fused-ring (bicyclic) bond motifs is 2. The molecule has 3 nitrogen and oxygen atoms in total. The fourth-order valence-corrected chi connectivity index (χ4v) is 4.65. The molecule has 2 aliphatic rings. The molecule has 3 heteroatoms. The third kappa shape index (κ3) is 2.88. The van der Waals surface area contributed by atoms with E-state index in [2.05, 4.69) is 12.2 Å². The first-order valence-corrected chi connectivity index (χ1v) is 7.79. The molecule has 0 aromatic carbocycles. The summed E-state index contributed by atoms with van der Waals surface area (Å²) >= 11 is 0. The lowest BCUT2D eigenvalue weighted by atomic mass is 9.62. The maximum absolute atomic E-state index is 9.19. The molecule has 0 radical (unpaired) electrons. The Balaban J connectivity index is 2.13. The predicted octanol–water partition coefficient (Wildman–Crippen LogP) is 2.11. The van der Waals surface area contributed by atoms with Crippen LogP contribution in [0.15, 0.2) is 12.2 Å². The van der Waals surface area contributed by atoms with Gasteiger partial charge in [-0.15, -0.1) is 0 Å². The molecule has 0 saturated heterocycles. The average molecular weight is 268 g/mol. The van der Waals surface area contributed by atoms with E-state index in [1.807, 2.05) is 0 Å². The van der Waals surface area contributed by atoms with E-state index in [1.165, 1.54) is 6.42 Å². The summed E-state index contributed by atoms with van der Waals surface area (Å²) in [6.07, 6.45) is 11.8. The van der Waals surface area contributed by atoms with Gasteiger partial charge in [0.2, 0.25) is 0 Å². The minimum Gasteiger partial charge on any atom is -0.396 e. The molecule has 0 aromatic rings. The number of rotatable bonds is 9. The molecule has 0 aromatic heterocycles. The predicted molar refractivity (Wildman–Crippen MR) is 75.6 cm³/mol. The summed E-state index contributed by atoms with van der Waals surface area (Å²) in [6.45, 7) is 0.789. The highest BCUT2D eigenvalue weighted by atomic mass is 16.3. The fraction of sp³-hybridized carbons (Fsp3) is 0.875. The van der Waals surface area contributed by atoms with Gasteiger partial charge >= 0.3 is 0 Å². The number of hydrogen-bond donors (Lipinski definition) is 3. The third-order valence-electron chi connectivity index (χ3n) is 5.38. The van der Waals surface area contributed by atoms with Gasteiger partial charge in [0, 0.05) is 19.8 Å². The quantitative estimate of drug-likeness (QED) is 0.561. The second-order valence-corrected chi connectivity index (χ2v) is 6.25. The molecule has 1 fully saturated rings. The zero-order valence-corrected chi connectivity index (χ0v) is 11.8. The Morgan fingerprint density at radius 1 is 0.895 bits per heavy atom. The van der Waals surface area contributed by atoms with Crippen LogP contribution in [0.5, 0.6) is 0 Å². The maximum atomic E-state index is 9.19. The highest BCUT2D eigenvalue weighted by Gasteiger charge is 2.53. The van der Waals surface area contributed by atoms with Crippen LogP contribution in [-0.4, -0.2) is 35.1 Å². The van der Waals surface area contributed by atoms with Crippen LogP contribution < -0.4 is 0 Å². The van der Waals surface area contributed by atoms with E-state index in [4.69, 9.17) is 5.11 Å². The van der Waals surface area contributed by atoms with Crippen LogP contribution >= 0.6 is 0 Å². The molecular weight excluding hydrogens is 240 g/mol. The lowest BCUT2D eigenvalue weighted by Gasteiger charge is -2.43. The SMILES string of the molecule is OCCCC1C2C=CC(C2)C1(CCCO)CCCO. The summed E-state index contributed by atoms with van der Waals surface area (Å²) in [5, 5.41) is 27.5. The molecule has 2 rings (SSSR count). The van der Waals surface area contributed by atoms with Gasteiger partial charge in [0.05, 0.1) is 0 Å². The van der Waals surface area contributed by atoms with E-state index in [9.17, 15) is 10.2 Å². The molecule has 3 unspecified atom stereocenters. The van der Waals surface area contributed by atoms with Crippen molar-refractivity contribution in [2.75, 3.05) is 19.8 Å². The van der Waals surface area contributed by atoms with Crippen molar-refractivity contribution in [3.8, 4) is 0 Å². The molecule has 110 valence electrons. The van der Waals surface area contributed by atoms with E-state index in [1.54, 1.807) is 0 Å². The zero-order chi connectivity index (χ0) is 13.7. The fourth-order valence-electron chi connectivity index (χ4n) is 4.65. The lowest BCUT2D eigenvalue weighted by molar-refractivity contribution is 0.0745. The van der Waals surface area contributed by atoms with Crippen LogP contribution in [0.4, 0.5) is 0 Å². The summed E-state index contributed by atoms with van der Waals surface area (Å²) in [4.78, 5) is 0. The van der Waals surface area contributed by atoms with Crippen molar-refractivity contribution in [3.63, 3.8) is 0 Å². The summed E-state index contributed by atoms with van der Waals surface area (Å²) in [5.74, 6) is 1.92. The van der Waals surface area contributed by atoms with Crippen molar-refractivity contribution in [2.45, 2.75) is 44.9 Å². The second-order valence-electron chi connectivity index (χ2n) is 6.25. The van der Waals surface area contributed by atoms with E-state index >= 15 is 0 Å². The highest BCUT2D eigenvalue weighted by molar-refractivity contribution is 5.18. The van der Waals surface area contributed by atoms with Crippen LogP contribution in [-0.2, 0) is 0 Å². The monoisotopic (exact) mass is 268 g/mol. The maximum Gasteiger partial charge on any atom is 0.0431 e. The molecule has 2 bridgehead atoms. The Kier molecular flexibility index (Phi) is 5.43. The molecule has 0 aliphatic heterocycles. The van der Waals surface area contributed by atoms with Gasteiger partial charge in [-0.3, -0.25) is 0 Å². The van der Waals surface area contributed by atoms with Crippen LogP contribution in [0.1, 0.15) is 44.9 Å². The molecule has 0 amide bonds. The van der Waals surface area contributed by atoms with Gasteiger partial charge in [0.25, 0.3) is 0 Å². The van der Waals surface area contributed by atoms with E-state index in [-0.39, 0.29) is 25.2 Å². The average Bonchev–Trinajstić information content (AvgIpc) is 3.01. The minimum absolute atomic E-state index is 0.259. The lowest BCUT2D eigenvalue weighted by Crippen LogP contribution is -2.35. The topological polar surface area (TPSA) is 60.7 Å². The first-order chi connectivity index (χ1) is 9.28. The Hall–Kier alpha value is -0.380. The van der Waals surface area contributed by atoms with Crippen LogP contribution in [0.2, 0.25) is 0 Å². The summed E-state index contributed by atoms with van der Waals surface area (Å²) in [5.41, 5.74) is 0.264. The Bertz CT molecular complexity index is 292. The number of hydrogen-bond acceptors (Lipinski definition) is 3. The van der Waals surface area contributed by atoms with Gasteiger partial charge in [-0.25, -0.2) is 0 Å².